The van der Waals surface area contributed by atoms with Crippen LogP contribution in [-0.2, 0) is 33.6 Å². The fourth-order valence-corrected chi connectivity index (χ4v) is 2.71. The van der Waals surface area contributed by atoms with E-state index in [-0.39, 0.29) is 25.7 Å². The highest BCUT2D eigenvalue weighted by molar-refractivity contribution is 5.95. The number of carbonyl (C=O) groups excluding carboxylic acids is 5. The Morgan fingerprint density at radius 2 is 1.21 bits per heavy atom. The molecule has 0 aliphatic heterocycles. The third-order valence-corrected chi connectivity index (χ3v) is 4.58. The lowest BCUT2D eigenvalue weighted by atomic mass is 10.0. The zero-order chi connectivity index (χ0) is 26.6. The average Bonchev–Trinajstić information content (AvgIpc) is 2.70. The van der Waals surface area contributed by atoms with Crippen molar-refractivity contribution < 1.29 is 43.8 Å². The first-order valence-electron chi connectivity index (χ1n) is 10.3. The van der Waals surface area contributed by atoms with Gasteiger partial charge in [0.25, 0.3) is 0 Å². The van der Waals surface area contributed by atoms with E-state index >= 15 is 0 Å². The number of rotatable bonds is 16. The van der Waals surface area contributed by atoms with Gasteiger partial charge >= 0.3 is 11.9 Å². The molecule has 0 spiro atoms. The van der Waals surface area contributed by atoms with E-state index in [0.29, 0.717) is 0 Å². The summed E-state index contributed by atoms with van der Waals surface area (Å²) >= 11 is 0. The first kappa shape index (κ1) is 30.2. The minimum atomic E-state index is -1.48. The summed E-state index contributed by atoms with van der Waals surface area (Å²) in [6, 6.07) is -5.58. The maximum absolute atomic E-state index is 12.8. The molecule has 0 saturated carbocycles. The number of nitrogens with one attached hydrogen (secondary N) is 3. The van der Waals surface area contributed by atoms with E-state index in [9.17, 15) is 38.7 Å². The molecule has 0 saturated heterocycles. The normalized spacial score (nSPS) is 14.2. The standard InChI is InChI=1S/C19H32N6O9/c1-8(2)15(18(32)24-11(19(33)34)4-6-13(22)27)25-17(31)10(3-5-12(21)26)23-16(30)9(20)7-14(28)29/h8-11,15H,3-7,20H2,1-2H3,(H2,21,26)(H2,22,27)(H,23,30)(H,24,32)(H,25,31)(H,28,29)(H,33,34). The maximum Gasteiger partial charge on any atom is 0.326 e. The first-order valence-corrected chi connectivity index (χ1v) is 10.3. The van der Waals surface area contributed by atoms with Crippen LogP contribution in [0.2, 0.25) is 0 Å². The number of hydrogen-bond donors (Lipinski definition) is 8. The van der Waals surface area contributed by atoms with Crippen LogP contribution in [0, 0.1) is 5.92 Å². The molecule has 0 aliphatic carbocycles. The van der Waals surface area contributed by atoms with Crippen molar-refractivity contribution in [2.75, 3.05) is 0 Å². The van der Waals surface area contributed by atoms with Gasteiger partial charge in [0.1, 0.15) is 18.1 Å². The molecule has 4 unspecified atom stereocenters. The highest BCUT2D eigenvalue weighted by atomic mass is 16.4. The molecule has 4 atom stereocenters. The van der Waals surface area contributed by atoms with Crippen molar-refractivity contribution >= 4 is 41.5 Å². The summed E-state index contributed by atoms with van der Waals surface area (Å²) in [6.07, 6.45) is -1.87. The predicted molar refractivity (Wildman–Crippen MR) is 115 cm³/mol. The quantitative estimate of drug-likeness (QED) is 0.106. The summed E-state index contributed by atoms with van der Waals surface area (Å²) in [5.74, 6) is -7.60. The molecule has 5 amide bonds. The molecular formula is C19H32N6O9. The summed E-state index contributed by atoms with van der Waals surface area (Å²) in [6.45, 7) is 3.12. The number of hydrogen-bond acceptors (Lipinski definition) is 8. The Morgan fingerprint density at radius 3 is 1.62 bits per heavy atom. The monoisotopic (exact) mass is 488 g/mol. The number of primary amides is 2. The van der Waals surface area contributed by atoms with Crippen molar-refractivity contribution in [2.45, 2.75) is 70.1 Å². The summed E-state index contributed by atoms with van der Waals surface area (Å²) in [5, 5.41) is 24.8. The SMILES string of the molecule is CC(C)C(NC(=O)C(CCC(N)=O)NC(=O)C(N)CC(=O)O)C(=O)NC(CCC(N)=O)C(=O)O. The van der Waals surface area contributed by atoms with Gasteiger partial charge in [-0.1, -0.05) is 13.8 Å². The van der Waals surface area contributed by atoms with Crippen molar-refractivity contribution in [1.82, 2.24) is 16.0 Å². The zero-order valence-electron chi connectivity index (χ0n) is 18.9. The van der Waals surface area contributed by atoms with Gasteiger partial charge in [-0.25, -0.2) is 4.79 Å². The molecule has 0 heterocycles. The summed E-state index contributed by atoms with van der Waals surface area (Å²) in [7, 11) is 0. The second-order valence-electron chi connectivity index (χ2n) is 7.91. The van der Waals surface area contributed by atoms with Crippen molar-refractivity contribution in [2.24, 2.45) is 23.1 Å². The molecule has 15 heteroatoms. The van der Waals surface area contributed by atoms with Crippen LogP contribution in [0.3, 0.4) is 0 Å². The molecule has 0 radical (unpaired) electrons. The number of carboxylic acids is 2. The van der Waals surface area contributed by atoms with Gasteiger partial charge in [-0.2, -0.15) is 0 Å². The summed E-state index contributed by atoms with van der Waals surface area (Å²) in [5.41, 5.74) is 15.6. The van der Waals surface area contributed by atoms with E-state index in [4.69, 9.17) is 22.3 Å². The van der Waals surface area contributed by atoms with Gasteiger partial charge in [-0.15, -0.1) is 0 Å². The molecule has 0 aromatic rings. The van der Waals surface area contributed by atoms with Crippen LogP contribution < -0.4 is 33.2 Å². The summed E-state index contributed by atoms with van der Waals surface area (Å²) in [4.78, 5) is 81.8. The lowest BCUT2D eigenvalue weighted by Crippen LogP contribution is -2.58. The van der Waals surface area contributed by atoms with Gasteiger partial charge < -0.3 is 43.4 Å². The molecule has 15 nitrogen and oxygen atoms in total. The van der Waals surface area contributed by atoms with Gasteiger partial charge in [0.05, 0.1) is 12.5 Å². The van der Waals surface area contributed by atoms with Crippen LogP contribution in [0.1, 0.15) is 46.0 Å². The molecule has 192 valence electrons. The fraction of sp³-hybridized carbons (Fsp3) is 0.632. The van der Waals surface area contributed by atoms with Gasteiger partial charge in [0.2, 0.25) is 29.5 Å². The molecule has 0 aliphatic rings. The van der Waals surface area contributed by atoms with E-state index in [0.717, 1.165) is 0 Å². The Labute approximate surface area is 195 Å². The van der Waals surface area contributed by atoms with Crippen molar-refractivity contribution in [1.29, 1.82) is 0 Å². The lowest BCUT2D eigenvalue weighted by molar-refractivity contribution is -0.143. The fourth-order valence-electron chi connectivity index (χ4n) is 2.71. The van der Waals surface area contributed by atoms with Crippen LogP contribution in [0.25, 0.3) is 0 Å². The van der Waals surface area contributed by atoms with Gasteiger partial charge in [0, 0.05) is 12.8 Å². The van der Waals surface area contributed by atoms with E-state index in [2.05, 4.69) is 16.0 Å². The molecule has 0 fully saturated rings. The largest absolute Gasteiger partial charge is 0.481 e. The van der Waals surface area contributed by atoms with Gasteiger partial charge in [0.15, 0.2) is 0 Å². The van der Waals surface area contributed by atoms with Crippen LogP contribution in [0.5, 0.6) is 0 Å². The predicted octanol–water partition coefficient (Wildman–Crippen LogP) is -3.49. The Hall–Kier alpha value is -3.75. The van der Waals surface area contributed by atoms with E-state index in [1.807, 2.05) is 0 Å². The Morgan fingerprint density at radius 1 is 0.735 bits per heavy atom. The molecule has 34 heavy (non-hydrogen) atoms. The smallest absolute Gasteiger partial charge is 0.326 e. The van der Waals surface area contributed by atoms with Crippen LogP contribution in [-0.4, -0.2) is 75.9 Å². The average molecular weight is 488 g/mol. The lowest BCUT2D eigenvalue weighted by Gasteiger charge is -2.27. The van der Waals surface area contributed by atoms with E-state index in [1.54, 1.807) is 13.8 Å². The highest BCUT2D eigenvalue weighted by Crippen LogP contribution is 2.07. The Kier molecular flexibility index (Phi) is 12.8. The third kappa shape index (κ3) is 11.8. The van der Waals surface area contributed by atoms with Crippen molar-refractivity contribution in [3.63, 3.8) is 0 Å². The first-order chi connectivity index (χ1) is 15.6. The van der Waals surface area contributed by atoms with E-state index < -0.39 is 78.0 Å². The Balaban J connectivity index is 5.50. The number of carboxylic acid groups (broad SMARTS) is 2. The number of amides is 5. The molecule has 11 N–H and O–H groups in total. The number of aliphatic carboxylic acids is 2. The maximum atomic E-state index is 12.8. The second kappa shape index (κ2) is 14.4. The van der Waals surface area contributed by atoms with Crippen LogP contribution >= 0.6 is 0 Å². The third-order valence-electron chi connectivity index (χ3n) is 4.58. The molecular weight excluding hydrogens is 456 g/mol. The number of carbonyl (C=O) groups is 7. The zero-order valence-corrected chi connectivity index (χ0v) is 18.9. The Bertz CT molecular complexity index is 801. The highest BCUT2D eigenvalue weighted by Gasteiger charge is 2.32. The topological polar surface area (TPSA) is 274 Å². The van der Waals surface area contributed by atoms with Crippen LogP contribution in [0.15, 0.2) is 0 Å². The minimum Gasteiger partial charge on any atom is -0.481 e. The number of nitrogens with two attached hydrogens (primary N) is 3. The molecule has 0 aromatic heterocycles. The van der Waals surface area contributed by atoms with E-state index in [1.165, 1.54) is 0 Å². The van der Waals surface area contributed by atoms with Crippen molar-refractivity contribution in [3.05, 3.63) is 0 Å². The molecule has 0 bridgehead atoms. The molecule has 0 aromatic carbocycles. The van der Waals surface area contributed by atoms with Crippen LogP contribution in [0.4, 0.5) is 0 Å². The van der Waals surface area contributed by atoms with Gasteiger partial charge in [-0.05, 0) is 18.8 Å². The second-order valence-corrected chi connectivity index (χ2v) is 7.91. The van der Waals surface area contributed by atoms with Gasteiger partial charge in [-0.3, -0.25) is 28.8 Å². The van der Waals surface area contributed by atoms with Crippen molar-refractivity contribution in [3.8, 4) is 0 Å². The minimum absolute atomic E-state index is 0.268. The molecule has 0 rings (SSSR count). The summed E-state index contributed by atoms with van der Waals surface area (Å²) < 4.78 is 0.